The normalized spacial score (nSPS) is 12.7. The van der Waals surface area contributed by atoms with E-state index in [4.69, 9.17) is 14.2 Å². The number of hydrogen-bond acceptors (Lipinski definition) is 6. The van der Waals surface area contributed by atoms with Crippen LogP contribution in [0.1, 0.15) is 233 Å². The highest BCUT2D eigenvalue weighted by molar-refractivity contribution is 5.71. The fraction of sp³-hybridized carbons (Fsp3) is 0.722. The van der Waals surface area contributed by atoms with E-state index in [2.05, 4.69) is 93.7 Å². The first kappa shape index (κ1) is 56.9. The lowest BCUT2D eigenvalue weighted by Crippen LogP contribution is -2.30. The number of hydrogen-bond donors (Lipinski definition) is 0. The second-order valence-electron chi connectivity index (χ2n) is 16.3. The summed E-state index contributed by atoms with van der Waals surface area (Å²) in [6.45, 7) is 6.44. The fourth-order valence-corrected chi connectivity index (χ4v) is 6.66. The molecule has 0 aromatic heterocycles. The summed E-state index contributed by atoms with van der Waals surface area (Å²) in [5.41, 5.74) is 0. The van der Waals surface area contributed by atoms with Crippen molar-refractivity contribution in [2.75, 3.05) is 13.2 Å². The van der Waals surface area contributed by atoms with Crippen molar-refractivity contribution >= 4 is 17.9 Å². The molecule has 0 N–H and O–H groups in total. The predicted molar refractivity (Wildman–Crippen MR) is 256 cm³/mol. The molecule has 0 aromatic rings. The van der Waals surface area contributed by atoms with Crippen LogP contribution >= 0.6 is 0 Å². The zero-order valence-corrected chi connectivity index (χ0v) is 39.2. The van der Waals surface area contributed by atoms with Gasteiger partial charge in [0.05, 0.1) is 0 Å². The maximum absolute atomic E-state index is 12.8. The molecule has 0 fully saturated rings. The highest BCUT2D eigenvalue weighted by atomic mass is 16.6. The summed E-state index contributed by atoms with van der Waals surface area (Å²) in [5, 5.41) is 0. The largest absolute Gasteiger partial charge is 0.462 e. The van der Waals surface area contributed by atoms with E-state index in [0.29, 0.717) is 19.3 Å². The minimum Gasteiger partial charge on any atom is -0.462 e. The van der Waals surface area contributed by atoms with E-state index in [1.54, 1.807) is 0 Å². The van der Waals surface area contributed by atoms with E-state index < -0.39 is 6.10 Å². The second kappa shape index (κ2) is 48.5. The molecular weight excluding hydrogens is 745 g/mol. The SMILES string of the molecule is CC/C=C\C/C=C\C/C=C\C/C=C\CCCCC(=O)OCC(COC(=O)CCCCCCC/C=C\CCCCCC)OC(=O)CCCCCCC/C=C\CCCCCCC. The van der Waals surface area contributed by atoms with Crippen molar-refractivity contribution in [2.24, 2.45) is 0 Å². The third kappa shape index (κ3) is 45.9. The van der Waals surface area contributed by atoms with Crippen molar-refractivity contribution in [3.8, 4) is 0 Å². The van der Waals surface area contributed by atoms with Gasteiger partial charge in [-0.3, -0.25) is 14.4 Å². The molecule has 0 aliphatic carbocycles. The highest BCUT2D eigenvalue weighted by Gasteiger charge is 2.19. The summed E-state index contributed by atoms with van der Waals surface area (Å²) in [4.78, 5) is 37.9. The van der Waals surface area contributed by atoms with Gasteiger partial charge >= 0.3 is 17.9 Å². The molecule has 0 aliphatic heterocycles. The zero-order chi connectivity index (χ0) is 43.7. The van der Waals surface area contributed by atoms with E-state index in [9.17, 15) is 14.4 Å². The van der Waals surface area contributed by atoms with Gasteiger partial charge in [-0.1, -0.05) is 177 Å². The first-order valence-corrected chi connectivity index (χ1v) is 24.9. The van der Waals surface area contributed by atoms with Crippen molar-refractivity contribution in [2.45, 2.75) is 239 Å². The Morgan fingerprint density at radius 3 is 1.08 bits per heavy atom. The molecule has 60 heavy (non-hydrogen) atoms. The molecule has 0 radical (unpaired) electrons. The van der Waals surface area contributed by atoms with Crippen LogP contribution in [0.4, 0.5) is 0 Å². The molecular formula is C54H92O6. The molecule has 344 valence electrons. The second-order valence-corrected chi connectivity index (χ2v) is 16.3. The fourth-order valence-electron chi connectivity index (χ4n) is 6.66. The third-order valence-electron chi connectivity index (χ3n) is 10.4. The third-order valence-corrected chi connectivity index (χ3v) is 10.4. The number of unbranched alkanes of at least 4 members (excludes halogenated alkanes) is 21. The molecule has 0 heterocycles. The molecule has 0 amide bonds. The van der Waals surface area contributed by atoms with E-state index in [0.717, 1.165) is 103 Å². The van der Waals surface area contributed by atoms with Gasteiger partial charge in [-0.15, -0.1) is 0 Å². The highest BCUT2D eigenvalue weighted by Crippen LogP contribution is 2.13. The topological polar surface area (TPSA) is 78.9 Å². The minimum absolute atomic E-state index is 0.0965. The Morgan fingerprint density at radius 2 is 0.650 bits per heavy atom. The van der Waals surface area contributed by atoms with Gasteiger partial charge in [0.25, 0.3) is 0 Å². The molecule has 0 saturated carbocycles. The van der Waals surface area contributed by atoms with Gasteiger partial charge in [-0.2, -0.15) is 0 Å². The lowest BCUT2D eigenvalue weighted by Gasteiger charge is -2.18. The monoisotopic (exact) mass is 837 g/mol. The van der Waals surface area contributed by atoms with Crippen LogP contribution in [0.3, 0.4) is 0 Å². The summed E-state index contributed by atoms with van der Waals surface area (Å²) in [6, 6.07) is 0. The van der Waals surface area contributed by atoms with Crippen molar-refractivity contribution in [3.05, 3.63) is 72.9 Å². The summed E-state index contributed by atoms with van der Waals surface area (Å²) in [7, 11) is 0. The van der Waals surface area contributed by atoms with Gasteiger partial charge in [0.15, 0.2) is 6.10 Å². The van der Waals surface area contributed by atoms with Crippen molar-refractivity contribution in [1.29, 1.82) is 0 Å². The minimum atomic E-state index is -0.798. The number of ether oxygens (including phenoxy) is 3. The maximum Gasteiger partial charge on any atom is 0.306 e. The van der Waals surface area contributed by atoms with E-state index in [-0.39, 0.29) is 31.1 Å². The van der Waals surface area contributed by atoms with E-state index >= 15 is 0 Å². The van der Waals surface area contributed by atoms with E-state index in [1.165, 1.54) is 89.9 Å². The van der Waals surface area contributed by atoms with Crippen LogP contribution in [0.5, 0.6) is 0 Å². The molecule has 1 atom stereocenters. The quantitative estimate of drug-likeness (QED) is 0.0263. The van der Waals surface area contributed by atoms with Gasteiger partial charge in [-0.05, 0) is 109 Å². The standard InChI is InChI=1S/C54H92O6/c1-4-7-10-13-16-19-22-25-27-30-32-35-38-41-44-47-53(56)59-50-51(49-58-52(55)46-43-40-37-34-31-28-24-21-18-15-12-9-6-3)60-54(57)48-45-42-39-36-33-29-26-23-20-17-14-11-8-5-2/h7,10,16,19,21,23-27,32,35,51H,4-6,8-9,11-15,17-18,20,22,28-31,33-34,36-50H2,1-3H3/b10-7-,19-16-,24-21-,26-23-,27-25-,35-32-. The maximum atomic E-state index is 12.8. The summed E-state index contributed by atoms with van der Waals surface area (Å²) in [5.74, 6) is -0.957. The Labute approximate surface area is 370 Å². The van der Waals surface area contributed by atoms with Crippen LogP contribution in [0.25, 0.3) is 0 Å². The summed E-state index contributed by atoms with van der Waals surface area (Å²) in [6.07, 6.45) is 60.2. The summed E-state index contributed by atoms with van der Waals surface area (Å²) < 4.78 is 16.7. The van der Waals surface area contributed by atoms with Crippen LogP contribution in [-0.2, 0) is 28.6 Å². The Kier molecular flexibility index (Phi) is 46.0. The summed E-state index contributed by atoms with van der Waals surface area (Å²) >= 11 is 0. The Bertz CT molecular complexity index is 1140. The molecule has 6 nitrogen and oxygen atoms in total. The van der Waals surface area contributed by atoms with Crippen LogP contribution in [0.15, 0.2) is 72.9 Å². The van der Waals surface area contributed by atoms with Gasteiger partial charge < -0.3 is 14.2 Å². The molecule has 1 unspecified atom stereocenters. The Balaban J connectivity index is 4.48. The zero-order valence-electron chi connectivity index (χ0n) is 39.2. The van der Waals surface area contributed by atoms with Crippen LogP contribution in [0.2, 0.25) is 0 Å². The van der Waals surface area contributed by atoms with Crippen molar-refractivity contribution < 1.29 is 28.6 Å². The predicted octanol–water partition coefficient (Wildman–Crippen LogP) is 16.3. The molecule has 0 aliphatic rings. The van der Waals surface area contributed by atoms with Gasteiger partial charge in [-0.25, -0.2) is 0 Å². The molecule has 6 heteroatoms. The average Bonchev–Trinajstić information content (AvgIpc) is 3.24. The molecule has 0 saturated heterocycles. The number of esters is 3. The van der Waals surface area contributed by atoms with E-state index in [1.807, 2.05) is 0 Å². The van der Waals surface area contributed by atoms with Gasteiger partial charge in [0.2, 0.25) is 0 Å². The number of rotatable bonds is 44. The first-order valence-electron chi connectivity index (χ1n) is 24.9. The number of carbonyl (C=O) groups is 3. The van der Waals surface area contributed by atoms with Crippen LogP contribution < -0.4 is 0 Å². The Hall–Kier alpha value is -3.15. The smallest absolute Gasteiger partial charge is 0.306 e. The Morgan fingerprint density at radius 1 is 0.350 bits per heavy atom. The van der Waals surface area contributed by atoms with Gasteiger partial charge in [0, 0.05) is 19.3 Å². The van der Waals surface area contributed by atoms with Crippen molar-refractivity contribution in [1.82, 2.24) is 0 Å². The lowest BCUT2D eigenvalue weighted by molar-refractivity contribution is -0.167. The molecule has 0 aromatic carbocycles. The lowest BCUT2D eigenvalue weighted by atomic mass is 10.1. The molecule has 0 spiro atoms. The molecule has 0 bridgehead atoms. The number of allylic oxidation sites excluding steroid dienone is 12. The van der Waals surface area contributed by atoms with Crippen LogP contribution in [-0.4, -0.2) is 37.2 Å². The van der Waals surface area contributed by atoms with Crippen molar-refractivity contribution in [3.63, 3.8) is 0 Å². The van der Waals surface area contributed by atoms with Gasteiger partial charge in [0.1, 0.15) is 13.2 Å². The first-order chi connectivity index (χ1) is 29.5. The average molecular weight is 837 g/mol. The van der Waals surface area contributed by atoms with Crippen LogP contribution in [0, 0.1) is 0 Å². The molecule has 0 rings (SSSR count). The number of carbonyl (C=O) groups excluding carboxylic acids is 3.